The molecule has 1 aromatic carbocycles. The molecule has 1 aromatic rings. The van der Waals surface area contributed by atoms with Crippen LogP contribution in [-0.2, 0) is 4.74 Å². The Kier molecular flexibility index (Phi) is 6.12. The molecule has 0 fully saturated rings. The van der Waals surface area contributed by atoms with Crippen LogP contribution < -0.4 is 56.8 Å². The Hall–Kier alpha value is 0.181. The summed E-state index contributed by atoms with van der Waals surface area (Å²) in [5.74, 6) is -0.771. The third-order valence-electron chi connectivity index (χ3n) is 1.69. The maximum Gasteiger partial charge on any atom is 1.00 e. The summed E-state index contributed by atoms with van der Waals surface area (Å²) in [7, 11) is 1.12. The number of hydrogen-bond acceptors (Lipinski definition) is 2. The zero-order valence-electron chi connectivity index (χ0n) is 8.34. The summed E-state index contributed by atoms with van der Waals surface area (Å²) < 4.78 is 41.0. The minimum absolute atomic E-state index is 0. The molecule has 0 aliphatic carbocycles. The SMILES string of the molecule is COC(=O)c1cccc([B-](F)(F)F)c1.[K+]. The zero-order chi connectivity index (χ0) is 10.8. The van der Waals surface area contributed by atoms with Gasteiger partial charge in [0.25, 0.3) is 0 Å². The molecule has 76 valence electrons. The van der Waals surface area contributed by atoms with Gasteiger partial charge in [0.1, 0.15) is 0 Å². The number of carbonyl (C=O) groups excluding carboxylic acids is 1. The van der Waals surface area contributed by atoms with Gasteiger partial charge in [0.2, 0.25) is 0 Å². The molecular formula is C8H7BF3KO2. The fourth-order valence-electron chi connectivity index (χ4n) is 0.987. The van der Waals surface area contributed by atoms with Crippen molar-refractivity contribution in [3.8, 4) is 0 Å². The summed E-state index contributed by atoms with van der Waals surface area (Å²) in [4.78, 5) is 10.9. The van der Waals surface area contributed by atoms with Crippen LogP contribution in [0.4, 0.5) is 12.9 Å². The van der Waals surface area contributed by atoms with Gasteiger partial charge in [-0.1, -0.05) is 18.2 Å². The van der Waals surface area contributed by atoms with Crippen molar-refractivity contribution in [2.24, 2.45) is 0 Å². The molecule has 0 saturated heterocycles. The van der Waals surface area contributed by atoms with E-state index in [0.29, 0.717) is 0 Å². The van der Waals surface area contributed by atoms with Crippen molar-refractivity contribution in [3.05, 3.63) is 29.8 Å². The number of esters is 1. The first-order valence-corrected chi connectivity index (χ1v) is 3.83. The van der Waals surface area contributed by atoms with Crippen LogP contribution in [0.1, 0.15) is 10.4 Å². The molecule has 0 atom stereocenters. The first-order valence-electron chi connectivity index (χ1n) is 3.83. The minimum atomic E-state index is -5.07. The van der Waals surface area contributed by atoms with E-state index < -0.39 is 18.4 Å². The van der Waals surface area contributed by atoms with E-state index in [1.807, 2.05) is 0 Å². The fraction of sp³-hybridized carbons (Fsp3) is 0.125. The average Bonchev–Trinajstić information content (AvgIpc) is 2.15. The Bertz CT molecular complexity index is 354. The molecule has 0 radical (unpaired) electrons. The van der Waals surface area contributed by atoms with E-state index in [1.54, 1.807) is 0 Å². The number of rotatable bonds is 2. The van der Waals surface area contributed by atoms with Gasteiger partial charge >= 0.3 is 64.3 Å². The summed E-state index contributed by atoms with van der Waals surface area (Å²) in [6.45, 7) is -5.07. The summed E-state index contributed by atoms with van der Waals surface area (Å²) in [6, 6.07) is 4.16. The summed E-state index contributed by atoms with van der Waals surface area (Å²) in [5, 5.41) is 0. The van der Waals surface area contributed by atoms with Crippen LogP contribution >= 0.6 is 0 Å². The number of benzene rings is 1. The van der Waals surface area contributed by atoms with Gasteiger partial charge in [-0.3, -0.25) is 0 Å². The number of ether oxygens (including phenoxy) is 1. The molecule has 0 aromatic heterocycles. The fourth-order valence-corrected chi connectivity index (χ4v) is 0.987. The van der Waals surface area contributed by atoms with E-state index in [0.717, 1.165) is 19.2 Å². The molecule has 1 rings (SSSR count). The zero-order valence-corrected chi connectivity index (χ0v) is 11.5. The van der Waals surface area contributed by atoms with Gasteiger partial charge in [0, 0.05) is 0 Å². The van der Waals surface area contributed by atoms with Gasteiger partial charge in [-0.15, -0.1) is 5.46 Å². The quantitative estimate of drug-likeness (QED) is 0.467. The first-order chi connectivity index (χ1) is 6.45. The van der Waals surface area contributed by atoms with Crippen molar-refractivity contribution in [1.29, 1.82) is 0 Å². The molecule has 0 aliphatic heterocycles. The molecule has 0 N–H and O–H groups in total. The van der Waals surface area contributed by atoms with E-state index in [9.17, 15) is 17.7 Å². The van der Waals surface area contributed by atoms with Gasteiger partial charge < -0.3 is 17.7 Å². The second-order valence-electron chi connectivity index (χ2n) is 2.69. The van der Waals surface area contributed by atoms with E-state index in [1.165, 1.54) is 12.1 Å². The van der Waals surface area contributed by atoms with Crippen LogP contribution in [0.5, 0.6) is 0 Å². The maximum atomic E-state index is 12.2. The number of methoxy groups -OCH3 is 1. The minimum Gasteiger partial charge on any atom is -0.465 e. The van der Waals surface area contributed by atoms with Crippen molar-refractivity contribution in [2.75, 3.05) is 7.11 Å². The van der Waals surface area contributed by atoms with Gasteiger partial charge in [-0.25, -0.2) is 4.79 Å². The molecule has 0 aliphatic rings. The third-order valence-corrected chi connectivity index (χ3v) is 1.69. The van der Waals surface area contributed by atoms with Crippen LogP contribution in [0.15, 0.2) is 24.3 Å². The van der Waals surface area contributed by atoms with E-state index >= 15 is 0 Å². The molecule has 15 heavy (non-hydrogen) atoms. The number of halogens is 3. The van der Waals surface area contributed by atoms with Crippen molar-refractivity contribution in [2.45, 2.75) is 0 Å². The Balaban J connectivity index is 0.00000196. The number of carbonyl (C=O) groups is 1. The molecule has 0 unspecified atom stereocenters. The van der Waals surface area contributed by atoms with E-state index in [2.05, 4.69) is 4.74 Å². The molecular weight excluding hydrogens is 235 g/mol. The second-order valence-corrected chi connectivity index (χ2v) is 2.69. The molecule has 7 heteroatoms. The Labute approximate surface area is 128 Å². The van der Waals surface area contributed by atoms with Gasteiger partial charge in [-0.2, -0.15) is 0 Å². The smallest absolute Gasteiger partial charge is 0.465 e. The Morgan fingerprint density at radius 2 is 1.93 bits per heavy atom. The van der Waals surface area contributed by atoms with E-state index in [4.69, 9.17) is 0 Å². The second kappa shape index (κ2) is 6.05. The van der Waals surface area contributed by atoms with Gasteiger partial charge in [-0.05, 0) is 6.07 Å². The van der Waals surface area contributed by atoms with E-state index in [-0.39, 0.29) is 56.9 Å². The molecule has 2 nitrogen and oxygen atoms in total. The predicted molar refractivity (Wildman–Crippen MR) is 46.5 cm³/mol. The normalized spacial score (nSPS) is 10.4. The molecule has 0 heterocycles. The Morgan fingerprint density at radius 3 is 2.40 bits per heavy atom. The molecule has 0 amide bonds. The van der Waals surface area contributed by atoms with Crippen molar-refractivity contribution in [3.63, 3.8) is 0 Å². The van der Waals surface area contributed by atoms with Crippen LogP contribution in [0, 0.1) is 0 Å². The predicted octanol–water partition coefficient (Wildman–Crippen LogP) is -1.47. The number of hydrogen-bond donors (Lipinski definition) is 0. The summed E-state index contributed by atoms with van der Waals surface area (Å²) in [6.07, 6.45) is 0. The summed E-state index contributed by atoms with van der Waals surface area (Å²) in [5.41, 5.74) is -0.892. The van der Waals surface area contributed by atoms with Crippen LogP contribution in [0.3, 0.4) is 0 Å². The topological polar surface area (TPSA) is 26.3 Å². The van der Waals surface area contributed by atoms with Gasteiger partial charge in [0.15, 0.2) is 0 Å². The Morgan fingerprint density at radius 1 is 1.33 bits per heavy atom. The van der Waals surface area contributed by atoms with Crippen molar-refractivity contribution >= 4 is 18.4 Å². The molecule has 0 saturated carbocycles. The summed E-state index contributed by atoms with van der Waals surface area (Å²) >= 11 is 0. The molecule has 0 bridgehead atoms. The van der Waals surface area contributed by atoms with Crippen molar-refractivity contribution in [1.82, 2.24) is 0 Å². The van der Waals surface area contributed by atoms with Crippen LogP contribution in [0.25, 0.3) is 0 Å². The molecule has 0 spiro atoms. The average molecular weight is 242 g/mol. The van der Waals surface area contributed by atoms with Crippen LogP contribution in [-0.4, -0.2) is 20.1 Å². The van der Waals surface area contributed by atoms with Crippen molar-refractivity contribution < 1.29 is 73.9 Å². The first kappa shape index (κ1) is 15.2. The van der Waals surface area contributed by atoms with Crippen LogP contribution in [0.2, 0.25) is 0 Å². The largest absolute Gasteiger partial charge is 1.00 e. The maximum absolute atomic E-state index is 12.2. The standard InChI is InChI=1S/C8H7BF3O2.K/c1-14-8(13)6-3-2-4-7(5-6)9(10,11)12;/h2-5H,1H3;/q-1;+1. The third kappa shape index (κ3) is 4.28. The van der Waals surface area contributed by atoms with Gasteiger partial charge in [0.05, 0.1) is 12.7 Å². The monoisotopic (exact) mass is 242 g/mol.